The molecule has 1 fully saturated rings. The Morgan fingerprint density at radius 2 is 2.29 bits per heavy atom. The van der Waals surface area contributed by atoms with Gasteiger partial charge in [-0.05, 0) is 32.5 Å². The molecule has 1 unspecified atom stereocenters. The van der Waals surface area contributed by atoms with Gasteiger partial charge in [0, 0.05) is 18.0 Å². The number of hydrogen-bond acceptors (Lipinski definition) is 6. The molecule has 5 nitrogen and oxygen atoms in total. The Morgan fingerprint density at radius 1 is 1.48 bits per heavy atom. The summed E-state index contributed by atoms with van der Waals surface area (Å²) in [6.45, 7) is 2.57. The molecule has 1 saturated heterocycles. The fourth-order valence-corrected chi connectivity index (χ4v) is 5.13. The van der Waals surface area contributed by atoms with Gasteiger partial charge in [0.05, 0.1) is 17.2 Å². The lowest BCUT2D eigenvalue weighted by Gasteiger charge is -2.21. The van der Waals surface area contributed by atoms with Crippen LogP contribution in [0.3, 0.4) is 0 Å². The average molecular weight is 326 g/mol. The minimum absolute atomic E-state index is 0.103. The summed E-state index contributed by atoms with van der Waals surface area (Å²) in [5.74, 6) is 2.22. The van der Waals surface area contributed by atoms with Crippen LogP contribution in [-0.4, -0.2) is 42.9 Å². The minimum Gasteiger partial charge on any atom is -0.459 e. The summed E-state index contributed by atoms with van der Waals surface area (Å²) in [5, 5.41) is 2.87. The van der Waals surface area contributed by atoms with Gasteiger partial charge in [-0.15, -0.1) is 11.3 Å². The van der Waals surface area contributed by atoms with Crippen molar-refractivity contribution >= 4 is 21.2 Å². The maximum atomic E-state index is 11.5. The van der Waals surface area contributed by atoms with Gasteiger partial charge < -0.3 is 4.42 Å². The summed E-state index contributed by atoms with van der Waals surface area (Å²) in [4.78, 5) is 6.66. The van der Waals surface area contributed by atoms with E-state index < -0.39 is 9.84 Å². The maximum absolute atomic E-state index is 11.5. The summed E-state index contributed by atoms with van der Waals surface area (Å²) >= 11 is 1.55. The van der Waals surface area contributed by atoms with E-state index in [2.05, 4.69) is 9.88 Å². The fourth-order valence-electron chi connectivity index (χ4n) is 2.55. The average Bonchev–Trinajstić information content (AvgIpc) is 3.09. The number of rotatable bonds is 4. The number of nitrogens with zero attached hydrogens (tertiary/aromatic N) is 2. The van der Waals surface area contributed by atoms with Gasteiger partial charge >= 0.3 is 0 Å². The number of thiazole rings is 1. The predicted octanol–water partition coefficient (Wildman–Crippen LogP) is 2.33. The van der Waals surface area contributed by atoms with E-state index in [0.29, 0.717) is 18.7 Å². The summed E-state index contributed by atoms with van der Waals surface area (Å²) < 4.78 is 28.6. The van der Waals surface area contributed by atoms with Crippen LogP contribution in [-0.2, 0) is 16.4 Å². The lowest BCUT2D eigenvalue weighted by atomic mass is 10.2. The van der Waals surface area contributed by atoms with Crippen molar-refractivity contribution in [1.29, 1.82) is 0 Å². The third-order valence-corrected chi connectivity index (χ3v) is 6.40. The van der Waals surface area contributed by atoms with Crippen LogP contribution in [0.25, 0.3) is 10.8 Å². The van der Waals surface area contributed by atoms with Crippen molar-refractivity contribution in [1.82, 2.24) is 9.88 Å². The standard InChI is InChI=1S/C14H18N2O3S2/c1-10-3-4-13(19-10)14-15-11(8-20-14)7-16(2)12-5-6-21(17,18)9-12/h3-4,8,12H,5-7,9H2,1-2H3. The van der Waals surface area contributed by atoms with Crippen LogP contribution < -0.4 is 0 Å². The van der Waals surface area contributed by atoms with Crippen molar-refractivity contribution in [2.24, 2.45) is 0 Å². The summed E-state index contributed by atoms with van der Waals surface area (Å²) in [5.41, 5.74) is 0.954. The lowest BCUT2D eigenvalue weighted by Crippen LogP contribution is -2.32. The number of furan rings is 1. The number of sulfone groups is 1. The molecule has 0 aliphatic carbocycles. The highest BCUT2D eigenvalue weighted by Gasteiger charge is 2.30. The molecule has 0 amide bonds. The number of aryl methyl sites for hydroxylation is 1. The topological polar surface area (TPSA) is 63.4 Å². The van der Waals surface area contributed by atoms with E-state index in [9.17, 15) is 8.42 Å². The predicted molar refractivity (Wildman–Crippen MR) is 83.1 cm³/mol. The van der Waals surface area contributed by atoms with Gasteiger partial charge in [0.2, 0.25) is 0 Å². The number of aromatic nitrogens is 1. The molecule has 0 saturated carbocycles. The zero-order chi connectivity index (χ0) is 15.0. The van der Waals surface area contributed by atoms with Crippen molar-refractivity contribution in [2.75, 3.05) is 18.6 Å². The molecular formula is C14H18N2O3S2. The molecule has 2 aromatic heterocycles. The highest BCUT2D eigenvalue weighted by Crippen LogP contribution is 2.26. The Balaban J connectivity index is 1.67. The first kappa shape index (κ1) is 14.7. The highest BCUT2D eigenvalue weighted by atomic mass is 32.2. The van der Waals surface area contributed by atoms with Crippen molar-refractivity contribution < 1.29 is 12.8 Å². The normalized spacial score (nSPS) is 21.2. The van der Waals surface area contributed by atoms with E-state index in [1.807, 2.05) is 31.5 Å². The molecule has 0 bridgehead atoms. The van der Waals surface area contributed by atoms with Gasteiger partial charge in [-0.3, -0.25) is 4.90 Å². The first-order valence-corrected chi connectivity index (χ1v) is 9.55. The molecule has 1 aliphatic heterocycles. The lowest BCUT2D eigenvalue weighted by molar-refractivity contribution is 0.251. The van der Waals surface area contributed by atoms with Gasteiger partial charge in [-0.2, -0.15) is 0 Å². The zero-order valence-corrected chi connectivity index (χ0v) is 13.7. The Hall–Kier alpha value is -1.18. The fraction of sp³-hybridized carbons (Fsp3) is 0.500. The SMILES string of the molecule is Cc1ccc(-c2nc(CN(C)C3CCS(=O)(=O)C3)cs2)o1. The Bertz CT molecular complexity index is 733. The van der Waals surface area contributed by atoms with E-state index in [0.717, 1.165) is 22.2 Å². The number of hydrogen-bond donors (Lipinski definition) is 0. The van der Waals surface area contributed by atoms with Crippen LogP contribution in [0.2, 0.25) is 0 Å². The molecule has 0 spiro atoms. The first-order chi connectivity index (χ1) is 9.93. The molecule has 3 heterocycles. The van der Waals surface area contributed by atoms with Crippen LogP contribution in [0.5, 0.6) is 0 Å². The Morgan fingerprint density at radius 3 is 2.90 bits per heavy atom. The van der Waals surface area contributed by atoms with Crippen molar-refractivity contribution in [3.05, 3.63) is 29.0 Å². The molecule has 7 heteroatoms. The minimum atomic E-state index is -2.84. The molecule has 0 aromatic carbocycles. The molecule has 0 N–H and O–H groups in total. The van der Waals surface area contributed by atoms with Gasteiger partial charge in [-0.25, -0.2) is 13.4 Å². The third kappa shape index (κ3) is 3.36. The van der Waals surface area contributed by atoms with Crippen molar-refractivity contribution in [3.8, 4) is 10.8 Å². The van der Waals surface area contributed by atoms with Crippen LogP contribution in [0.1, 0.15) is 17.9 Å². The van der Waals surface area contributed by atoms with E-state index >= 15 is 0 Å². The molecule has 2 aromatic rings. The van der Waals surface area contributed by atoms with Gasteiger partial charge in [0.1, 0.15) is 5.76 Å². The molecule has 1 aliphatic rings. The van der Waals surface area contributed by atoms with Gasteiger partial charge in [0.15, 0.2) is 20.6 Å². The first-order valence-electron chi connectivity index (χ1n) is 6.85. The molecule has 21 heavy (non-hydrogen) atoms. The van der Waals surface area contributed by atoms with Gasteiger partial charge in [-0.1, -0.05) is 0 Å². The summed E-state index contributed by atoms with van der Waals surface area (Å²) in [7, 11) is -0.882. The Labute approximate surface area is 128 Å². The summed E-state index contributed by atoms with van der Waals surface area (Å²) in [6, 6.07) is 3.95. The van der Waals surface area contributed by atoms with E-state index in [1.165, 1.54) is 0 Å². The smallest absolute Gasteiger partial charge is 0.162 e. The van der Waals surface area contributed by atoms with Crippen LogP contribution in [0.4, 0.5) is 0 Å². The molecule has 1 atom stereocenters. The van der Waals surface area contributed by atoms with Crippen molar-refractivity contribution in [2.45, 2.75) is 25.9 Å². The van der Waals surface area contributed by atoms with Crippen LogP contribution in [0, 0.1) is 6.92 Å². The quantitative estimate of drug-likeness (QED) is 0.863. The third-order valence-electron chi connectivity index (χ3n) is 3.75. The van der Waals surface area contributed by atoms with E-state index in [4.69, 9.17) is 4.42 Å². The second kappa shape index (κ2) is 5.55. The van der Waals surface area contributed by atoms with Crippen LogP contribution >= 0.6 is 11.3 Å². The van der Waals surface area contributed by atoms with Crippen LogP contribution in [0.15, 0.2) is 21.9 Å². The molecular weight excluding hydrogens is 308 g/mol. The van der Waals surface area contributed by atoms with E-state index in [1.54, 1.807) is 11.3 Å². The summed E-state index contributed by atoms with van der Waals surface area (Å²) in [6.07, 6.45) is 0.715. The second-order valence-corrected chi connectivity index (χ2v) is 8.61. The monoisotopic (exact) mass is 326 g/mol. The van der Waals surface area contributed by atoms with Crippen molar-refractivity contribution in [3.63, 3.8) is 0 Å². The second-order valence-electron chi connectivity index (χ2n) is 5.53. The maximum Gasteiger partial charge on any atom is 0.162 e. The zero-order valence-electron chi connectivity index (χ0n) is 12.1. The van der Waals surface area contributed by atoms with E-state index in [-0.39, 0.29) is 11.8 Å². The molecule has 114 valence electrons. The largest absolute Gasteiger partial charge is 0.459 e. The van der Waals surface area contributed by atoms with Gasteiger partial charge in [0.25, 0.3) is 0 Å². The highest BCUT2D eigenvalue weighted by molar-refractivity contribution is 7.91. The molecule has 3 rings (SSSR count). The Kier molecular flexibility index (Phi) is 3.90. The molecule has 0 radical (unpaired) electrons.